The minimum absolute atomic E-state index is 0.516. The molecule has 0 aliphatic carbocycles. The van der Waals surface area contributed by atoms with Gasteiger partial charge in [0, 0.05) is 5.69 Å². The van der Waals surface area contributed by atoms with E-state index in [1.807, 2.05) is 6.07 Å². The van der Waals surface area contributed by atoms with Crippen molar-refractivity contribution < 1.29 is 0 Å². The van der Waals surface area contributed by atoms with Gasteiger partial charge in [0.25, 0.3) is 0 Å². The van der Waals surface area contributed by atoms with Gasteiger partial charge in [0.05, 0.1) is 0 Å². The van der Waals surface area contributed by atoms with E-state index in [9.17, 15) is 0 Å². The van der Waals surface area contributed by atoms with Crippen LogP contribution in [0.25, 0.3) is 0 Å². The summed E-state index contributed by atoms with van der Waals surface area (Å²) < 4.78 is 0. The lowest BCUT2D eigenvalue weighted by molar-refractivity contribution is 0.646. The fourth-order valence-electron chi connectivity index (χ4n) is 1.72. The van der Waals surface area contributed by atoms with Gasteiger partial charge in [-0.3, -0.25) is 0 Å². The molecule has 78 valence electrons. The zero-order valence-corrected chi connectivity index (χ0v) is 9.67. The van der Waals surface area contributed by atoms with E-state index in [1.54, 1.807) is 0 Å². The number of anilines is 1. The second-order valence-corrected chi connectivity index (χ2v) is 4.72. The van der Waals surface area contributed by atoms with E-state index < -0.39 is 0 Å². The van der Waals surface area contributed by atoms with Gasteiger partial charge >= 0.3 is 0 Å². The molecule has 1 heteroatoms. The van der Waals surface area contributed by atoms with E-state index >= 15 is 0 Å². The summed E-state index contributed by atoms with van der Waals surface area (Å²) >= 11 is 0. The van der Waals surface area contributed by atoms with Crippen molar-refractivity contribution in [2.24, 2.45) is 5.92 Å². The summed E-state index contributed by atoms with van der Waals surface area (Å²) in [4.78, 5) is 0. The van der Waals surface area contributed by atoms with Crippen molar-refractivity contribution >= 4 is 5.69 Å². The molecule has 1 rings (SSSR count). The number of nitrogens with two attached hydrogens (primary N) is 1. The summed E-state index contributed by atoms with van der Waals surface area (Å²) in [6.45, 7) is 8.85. The predicted molar refractivity (Wildman–Crippen MR) is 63.5 cm³/mol. The summed E-state index contributed by atoms with van der Waals surface area (Å²) in [6.07, 6.45) is 1.14. The van der Waals surface area contributed by atoms with Gasteiger partial charge in [0.2, 0.25) is 0 Å². The Morgan fingerprint density at radius 3 is 2.29 bits per heavy atom. The maximum atomic E-state index is 5.92. The van der Waals surface area contributed by atoms with Crippen molar-refractivity contribution in [2.45, 2.75) is 40.0 Å². The summed E-state index contributed by atoms with van der Waals surface area (Å²) in [6, 6.07) is 6.42. The van der Waals surface area contributed by atoms with E-state index in [-0.39, 0.29) is 0 Å². The van der Waals surface area contributed by atoms with Crippen molar-refractivity contribution in [3.05, 3.63) is 29.3 Å². The van der Waals surface area contributed by atoms with Crippen LogP contribution in [0.5, 0.6) is 0 Å². The fraction of sp³-hybridized carbons (Fsp3) is 0.538. The maximum absolute atomic E-state index is 5.92. The van der Waals surface area contributed by atoms with Crippen LogP contribution in [0.1, 0.15) is 44.7 Å². The highest BCUT2D eigenvalue weighted by Gasteiger charge is 2.06. The van der Waals surface area contributed by atoms with E-state index in [2.05, 4.69) is 39.8 Å². The molecule has 0 aliphatic heterocycles. The van der Waals surface area contributed by atoms with Crippen LogP contribution in [0.4, 0.5) is 5.69 Å². The van der Waals surface area contributed by atoms with Gasteiger partial charge in [-0.05, 0) is 35.4 Å². The van der Waals surface area contributed by atoms with Crippen LogP contribution in [0.3, 0.4) is 0 Å². The quantitative estimate of drug-likeness (QED) is 0.726. The molecule has 0 saturated heterocycles. The largest absolute Gasteiger partial charge is 0.398 e. The van der Waals surface area contributed by atoms with Gasteiger partial charge in [-0.1, -0.05) is 39.8 Å². The molecule has 0 unspecified atom stereocenters. The molecule has 2 N–H and O–H groups in total. The summed E-state index contributed by atoms with van der Waals surface area (Å²) in [7, 11) is 0. The van der Waals surface area contributed by atoms with Crippen molar-refractivity contribution in [1.29, 1.82) is 0 Å². The monoisotopic (exact) mass is 191 g/mol. The third-order valence-electron chi connectivity index (χ3n) is 2.42. The second-order valence-electron chi connectivity index (χ2n) is 4.72. The Bertz CT molecular complexity index is 300. The van der Waals surface area contributed by atoms with Gasteiger partial charge in [-0.15, -0.1) is 0 Å². The van der Waals surface area contributed by atoms with E-state index in [4.69, 9.17) is 5.73 Å². The van der Waals surface area contributed by atoms with Crippen molar-refractivity contribution in [3.63, 3.8) is 0 Å². The average molecular weight is 191 g/mol. The molecule has 0 heterocycles. The van der Waals surface area contributed by atoms with E-state index in [0.717, 1.165) is 12.1 Å². The molecule has 1 aromatic rings. The predicted octanol–water partition coefficient (Wildman–Crippen LogP) is 3.59. The molecular weight excluding hydrogens is 170 g/mol. The van der Waals surface area contributed by atoms with Crippen LogP contribution in [0, 0.1) is 5.92 Å². The Balaban J connectivity index is 2.94. The van der Waals surface area contributed by atoms with Gasteiger partial charge in [0.15, 0.2) is 0 Å². The minimum Gasteiger partial charge on any atom is -0.398 e. The van der Waals surface area contributed by atoms with Gasteiger partial charge in [-0.25, -0.2) is 0 Å². The van der Waals surface area contributed by atoms with Crippen LogP contribution in [-0.4, -0.2) is 0 Å². The molecule has 0 bridgehead atoms. The lowest BCUT2D eigenvalue weighted by Crippen LogP contribution is -2.00. The van der Waals surface area contributed by atoms with Gasteiger partial charge < -0.3 is 5.73 Å². The fourth-order valence-corrected chi connectivity index (χ4v) is 1.72. The Kier molecular flexibility index (Phi) is 3.56. The number of rotatable bonds is 3. The zero-order valence-electron chi connectivity index (χ0n) is 9.67. The van der Waals surface area contributed by atoms with Gasteiger partial charge in [-0.2, -0.15) is 0 Å². The molecule has 0 fully saturated rings. The zero-order chi connectivity index (χ0) is 10.7. The van der Waals surface area contributed by atoms with Crippen molar-refractivity contribution in [3.8, 4) is 0 Å². The van der Waals surface area contributed by atoms with E-state index in [0.29, 0.717) is 11.8 Å². The summed E-state index contributed by atoms with van der Waals surface area (Å²) in [5, 5.41) is 0. The molecule has 0 aromatic heterocycles. The normalized spacial score (nSPS) is 11.3. The lowest BCUT2D eigenvalue weighted by Gasteiger charge is -2.12. The molecule has 0 saturated carbocycles. The number of nitrogen functional groups attached to an aromatic ring is 1. The first-order valence-electron chi connectivity index (χ1n) is 5.39. The first kappa shape index (κ1) is 11.1. The topological polar surface area (TPSA) is 26.0 Å². The van der Waals surface area contributed by atoms with Crippen molar-refractivity contribution in [1.82, 2.24) is 0 Å². The smallest absolute Gasteiger partial charge is 0.0349 e. The van der Waals surface area contributed by atoms with Crippen LogP contribution in [0.2, 0.25) is 0 Å². The average Bonchev–Trinajstić information content (AvgIpc) is 2.07. The third kappa shape index (κ3) is 2.76. The molecular formula is C13H21N. The highest BCUT2D eigenvalue weighted by Crippen LogP contribution is 2.23. The SMILES string of the molecule is CC(C)Cc1ccc(N)c(C(C)C)c1. The Morgan fingerprint density at radius 2 is 1.79 bits per heavy atom. The van der Waals surface area contributed by atoms with Gasteiger partial charge in [0.1, 0.15) is 0 Å². The van der Waals surface area contributed by atoms with Crippen LogP contribution in [-0.2, 0) is 6.42 Å². The first-order valence-corrected chi connectivity index (χ1v) is 5.39. The van der Waals surface area contributed by atoms with Crippen LogP contribution in [0.15, 0.2) is 18.2 Å². The summed E-state index contributed by atoms with van der Waals surface area (Å²) in [5.74, 6) is 1.22. The highest BCUT2D eigenvalue weighted by atomic mass is 14.6. The van der Waals surface area contributed by atoms with Crippen molar-refractivity contribution in [2.75, 3.05) is 5.73 Å². The molecule has 0 atom stereocenters. The summed E-state index contributed by atoms with van der Waals surface area (Å²) in [5.41, 5.74) is 9.53. The number of hydrogen-bond donors (Lipinski definition) is 1. The third-order valence-corrected chi connectivity index (χ3v) is 2.42. The van der Waals surface area contributed by atoms with Crippen LogP contribution >= 0.6 is 0 Å². The Labute approximate surface area is 87.3 Å². The molecule has 1 aromatic carbocycles. The Morgan fingerprint density at radius 1 is 1.14 bits per heavy atom. The highest BCUT2D eigenvalue weighted by molar-refractivity contribution is 5.50. The number of benzene rings is 1. The molecule has 0 radical (unpaired) electrons. The molecule has 1 nitrogen and oxygen atoms in total. The standard InChI is InChI=1S/C13H21N/c1-9(2)7-11-5-6-13(14)12(8-11)10(3)4/h5-6,8-10H,7,14H2,1-4H3. The molecule has 0 aliphatic rings. The molecule has 0 spiro atoms. The number of hydrogen-bond acceptors (Lipinski definition) is 1. The molecule has 14 heavy (non-hydrogen) atoms. The van der Waals surface area contributed by atoms with Crippen LogP contribution < -0.4 is 5.73 Å². The first-order chi connectivity index (χ1) is 6.50. The Hall–Kier alpha value is -0.980. The second kappa shape index (κ2) is 4.50. The lowest BCUT2D eigenvalue weighted by atomic mass is 9.95. The molecule has 0 amide bonds. The van der Waals surface area contributed by atoms with E-state index in [1.165, 1.54) is 11.1 Å². The minimum atomic E-state index is 0.516. The maximum Gasteiger partial charge on any atom is 0.0349 e.